The molecule has 1 atom stereocenters. The molecule has 2 N–H and O–H groups in total. The summed E-state index contributed by atoms with van der Waals surface area (Å²) in [6.45, 7) is 1.63. The second-order valence-electron chi connectivity index (χ2n) is 4.07. The van der Waals surface area contributed by atoms with E-state index in [2.05, 4.69) is 6.92 Å². The van der Waals surface area contributed by atoms with Crippen LogP contribution in [0.15, 0.2) is 12.2 Å². The van der Waals surface area contributed by atoms with Crippen LogP contribution in [0, 0.1) is 0 Å². The van der Waals surface area contributed by atoms with Crippen molar-refractivity contribution >= 4 is 5.97 Å². The Hall–Kier alpha value is -0.870. The Bertz CT molecular complexity index is 213. The number of hydrogen-bond donors (Lipinski definition) is 2. The van der Waals surface area contributed by atoms with Gasteiger partial charge in [-0.25, -0.2) is 4.79 Å². The molecule has 0 aliphatic rings. The first kappa shape index (κ1) is 16.1. The summed E-state index contributed by atoms with van der Waals surface area (Å²) in [5.41, 5.74) is 0. The number of rotatable bonds is 10. The van der Waals surface area contributed by atoms with E-state index in [-0.39, 0.29) is 6.61 Å². The van der Waals surface area contributed by atoms with Crippen molar-refractivity contribution in [1.29, 1.82) is 0 Å². The fourth-order valence-electron chi connectivity index (χ4n) is 1.32. The largest absolute Gasteiger partial charge is 0.460 e. The lowest BCUT2D eigenvalue weighted by atomic mass is 10.1. The van der Waals surface area contributed by atoms with E-state index in [1.54, 1.807) is 6.08 Å². The molecule has 0 aromatic rings. The van der Waals surface area contributed by atoms with Crippen LogP contribution in [0.1, 0.15) is 45.4 Å². The molecular formula is C13H24O4. The van der Waals surface area contributed by atoms with E-state index in [0.717, 1.165) is 12.8 Å². The molecule has 0 fully saturated rings. The van der Waals surface area contributed by atoms with Crippen LogP contribution in [0.5, 0.6) is 0 Å². The van der Waals surface area contributed by atoms with Gasteiger partial charge in [-0.2, -0.15) is 0 Å². The second kappa shape index (κ2) is 11.6. The highest BCUT2D eigenvalue weighted by Gasteiger charge is 2.04. The third-order valence-electron chi connectivity index (χ3n) is 2.36. The average Bonchev–Trinajstić information content (AvgIpc) is 2.34. The Kier molecular flexibility index (Phi) is 11.0. The molecule has 0 bridgehead atoms. The third kappa shape index (κ3) is 11.4. The molecule has 0 spiro atoms. The van der Waals surface area contributed by atoms with Crippen LogP contribution in [0.25, 0.3) is 0 Å². The summed E-state index contributed by atoms with van der Waals surface area (Å²) in [5.74, 6) is -0.467. The van der Waals surface area contributed by atoms with Gasteiger partial charge in [-0.1, -0.05) is 38.7 Å². The summed E-state index contributed by atoms with van der Waals surface area (Å²) >= 11 is 0. The van der Waals surface area contributed by atoms with Crippen LogP contribution in [-0.4, -0.2) is 35.5 Å². The Labute approximate surface area is 103 Å². The maximum absolute atomic E-state index is 11.1. The van der Waals surface area contributed by atoms with E-state index in [4.69, 9.17) is 14.9 Å². The molecule has 100 valence electrons. The number of carbonyl (C=O) groups excluding carboxylic acids is 1. The zero-order valence-corrected chi connectivity index (χ0v) is 10.6. The molecular weight excluding hydrogens is 220 g/mol. The minimum Gasteiger partial charge on any atom is -0.460 e. The van der Waals surface area contributed by atoms with Crippen LogP contribution in [0.3, 0.4) is 0 Å². The molecule has 0 aliphatic heterocycles. The first-order valence-corrected chi connectivity index (χ1v) is 6.33. The standard InChI is InChI=1S/C13H24O4/c1-2-3-4-5-6-7-8-9-13(16)17-11-12(15)10-14/h8-9,12,14-15H,2-7,10-11H2,1H3. The smallest absolute Gasteiger partial charge is 0.330 e. The Morgan fingerprint density at radius 1 is 1.29 bits per heavy atom. The van der Waals surface area contributed by atoms with Crippen molar-refractivity contribution in [1.82, 2.24) is 0 Å². The quantitative estimate of drug-likeness (QED) is 0.349. The summed E-state index contributed by atoms with van der Waals surface area (Å²) < 4.78 is 4.70. The maximum Gasteiger partial charge on any atom is 0.330 e. The number of allylic oxidation sites excluding steroid dienone is 1. The summed E-state index contributed by atoms with van der Waals surface area (Å²) in [4.78, 5) is 11.1. The Balaban J connectivity index is 3.40. The first-order valence-electron chi connectivity index (χ1n) is 6.33. The number of ether oxygens (including phenoxy) is 1. The van der Waals surface area contributed by atoms with Gasteiger partial charge in [-0.15, -0.1) is 0 Å². The molecule has 1 unspecified atom stereocenters. The number of carbonyl (C=O) groups is 1. The van der Waals surface area contributed by atoms with Crippen molar-refractivity contribution < 1.29 is 19.7 Å². The average molecular weight is 244 g/mol. The molecule has 0 amide bonds. The summed E-state index contributed by atoms with van der Waals surface area (Å²) in [6, 6.07) is 0. The summed E-state index contributed by atoms with van der Waals surface area (Å²) in [7, 11) is 0. The van der Waals surface area contributed by atoms with Gasteiger partial charge in [0.15, 0.2) is 0 Å². The molecule has 0 radical (unpaired) electrons. The molecule has 0 rings (SSSR count). The molecule has 0 saturated heterocycles. The van der Waals surface area contributed by atoms with E-state index in [1.165, 1.54) is 31.8 Å². The number of esters is 1. The topological polar surface area (TPSA) is 66.8 Å². The van der Waals surface area contributed by atoms with E-state index < -0.39 is 18.7 Å². The van der Waals surface area contributed by atoms with Gasteiger partial charge in [-0.05, 0) is 12.8 Å². The van der Waals surface area contributed by atoms with Crippen LogP contribution in [0.2, 0.25) is 0 Å². The lowest BCUT2D eigenvalue weighted by Crippen LogP contribution is -2.21. The molecule has 0 aromatic carbocycles. The summed E-state index contributed by atoms with van der Waals surface area (Å²) in [6.07, 6.45) is 9.09. The van der Waals surface area contributed by atoms with Gasteiger partial charge in [0.25, 0.3) is 0 Å². The van der Waals surface area contributed by atoms with Crippen LogP contribution in [0.4, 0.5) is 0 Å². The predicted molar refractivity (Wildman–Crippen MR) is 66.6 cm³/mol. The Morgan fingerprint density at radius 2 is 2.00 bits per heavy atom. The van der Waals surface area contributed by atoms with E-state index >= 15 is 0 Å². The zero-order chi connectivity index (χ0) is 12.9. The van der Waals surface area contributed by atoms with Gasteiger partial charge in [0, 0.05) is 6.08 Å². The predicted octanol–water partition coefficient (Wildman–Crippen LogP) is 1.80. The second-order valence-corrected chi connectivity index (χ2v) is 4.07. The number of hydrogen-bond acceptors (Lipinski definition) is 4. The van der Waals surface area contributed by atoms with E-state index in [9.17, 15) is 4.79 Å². The first-order chi connectivity index (χ1) is 8.20. The van der Waals surface area contributed by atoms with E-state index in [0.29, 0.717) is 0 Å². The molecule has 4 heteroatoms. The van der Waals surface area contributed by atoms with Crippen molar-refractivity contribution in [2.45, 2.75) is 51.6 Å². The van der Waals surface area contributed by atoms with E-state index in [1.807, 2.05) is 0 Å². The number of aliphatic hydroxyl groups is 2. The normalized spacial score (nSPS) is 12.9. The van der Waals surface area contributed by atoms with Gasteiger partial charge in [0.1, 0.15) is 12.7 Å². The van der Waals surface area contributed by atoms with Gasteiger partial charge in [0.2, 0.25) is 0 Å². The molecule has 0 saturated carbocycles. The van der Waals surface area contributed by atoms with Gasteiger partial charge < -0.3 is 14.9 Å². The molecule has 17 heavy (non-hydrogen) atoms. The van der Waals surface area contributed by atoms with Crippen molar-refractivity contribution in [2.75, 3.05) is 13.2 Å². The minimum atomic E-state index is -0.985. The van der Waals surface area contributed by atoms with Crippen molar-refractivity contribution in [2.24, 2.45) is 0 Å². The van der Waals surface area contributed by atoms with Crippen LogP contribution < -0.4 is 0 Å². The minimum absolute atomic E-state index is 0.157. The van der Waals surface area contributed by atoms with Crippen molar-refractivity contribution in [3.05, 3.63) is 12.2 Å². The summed E-state index contributed by atoms with van der Waals surface area (Å²) in [5, 5.41) is 17.5. The lowest BCUT2D eigenvalue weighted by Gasteiger charge is -2.05. The lowest BCUT2D eigenvalue weighted by molar-refractivity contribution is -0.141. The molecule has 4 nitrogen and oxygen atoms in total. The van der Waals surface area contributed by atoms with Crippen LogP contribution >= 0.6 is 0 Å². The van der Waals surface area contributed by atoms with Gasteiger partial charge in [-0.3, -0.25) is 0 Å². The molecule has 0 aromatic heterocycles. The highest BCUT2D eigenvalue weighted by atomic mass is 16.5. The third-order valence-corrected chi connectivity index (χ3v) is 2.36. The van der Waals surface area contributed by atoms with Gasteiger partial charge in [0.05, 0.1) is 6.61 Å². The molecule has 0 heterocycles. The van der Waals surface area contributed by atoms with Gasteiger partial charge >= 0.3 is 5.97 Å². The highest BCUT2D eigenvalue weighted by Crippen LogP contribution is 2.05. The maximum atomic E-state index is 11.1. The number of aliphatic hydroxyl groups excluding tert-OH is 2. The Morgan fingerprint density at radius 3 is 2.65 bits per heavy atom. The fourth-order valence-corrected chi connectivity index (χ4v) is 1.32. The monoisotopic (exact) mass is 244 g/mol. The SMILES string of the molecule is CCCCCCCC=CC(=O)OCC(O)CO. The molecule has 0 aliphatic carbocycles. The number of unbranched alkanes of at least 4 members (excludes halogenated alkanes) is 5. The zero-order valence-electron chi connectivity index (χ0n) is 10.6. The van der Waals surface area contributed by atoms with Crippen molar-refractivity contribution in [3.8, 4) is 0 Å². The van der Waals surface area contributed by atoms with Crippen molar-refractivity contribution in [3.63, 3.8) is 0 Å². The fraction of sp³-hybridized carbons (Fsp3) is 0.769. The van der Waals surface area contributed by atoms with Crippen LogP contribution in [-0.2, 0) is 9.53 Å². The highest BCUT2D eigenvalue weighted by molar-refractivity contribution is 5.81.